The number of carbonyl (C=O) groups is 1. The van der Waals surface area contributed by atoms with Crippen LogP contribution in [0.3, 0.4) is 0 Å². The molecular weight excluding hydrogens is 293 g/mol. The van der Waals surface area contributed by atoms with Gasteiger partial charge in [-0.05, 0) is 6.07 Å². The number of rotatable bonds is 6. The zero-order valence-electron chi connectivity index (χ0n) is 11.7. The lowest BCUT2D eigenvalue weighted by atomic mass is 9.93. The second kappa shape index (κ2) is 6.55. The van der Waals surface area contributed by atoms with E-state index < -0.39 is 24.5 Å². The monoisotopic (exact) mass is 308 g/mol. The van der Waals surface area contributed by atoms with Gasteiger partial charge in [0.05, 0.1) is 33.7 Å². The normalized spacial score (nSPS) is 12.7. The standard InChI is InChI=1S/C13H15F3O5/c1-19-9-5-4-7(11(20-2)12(9)21-3)8(6-10(17)18)13(14,15)16/h4-5,8H,6H2,1-3H3,(H,17,18). The molecule has 118 valence electrons. The molecule has 0 spiro atoms. The Morgan fingerprint density at radius 2 is 1.71 bits per heavy atom. The highest BCUT2D eigenvalue weighted by molar-refractivity contribution is 5.69. The Morgan fingerprint density at radius 1 is 1.14 bits per heavy atom. The van der Waals surface area contributed by atoms with Crippen LogP contribution in [0.15, 0.2) is 12.1 Å². The van der Waals surface area contributed by atoms with Gasteiger partial charge in [0.2, 0.25) is 5.75 Å². The van der Waals surface area contributed by atoms with E-state index in [0.717, 1.165) is 6.07 Å². The van der Waals surface area contributed by atoms with E-state index in [1.54, 1.807) is 0 Å². The first kappa shape index (κ1) is 16.9. The number of alkyl halides is 3. The van der Waals surface area contributed by atoms with Crippen molar-refractivity contribution < 1.29 is 37.3 Å². The predicted molar refractivity (Wildman–Crippen MR) is 67.1 cm³/mol. The maximum absolute atomic E-state index is 13.1. The van der Waals surface area contributed by atoms with Crippen LogP contribution in [0.5, 0.6) is 17.2 Å². The molecule has 0 saturated carbocycles. The molecule has 21 heavy (non-hydrogen) atoms. The Balaban J connectivity index is 3.47. The van der Waals surface area contributed by atoms with Crippen molar-refractivity contribution in [3.63, 3.8) is 0 Å². The van der Waals surface area contributed by atoms with Gasteiger partial charge in [0.25, 0.3) is 0 Å². The molecule has 1 rings (SSSR count). The molecular formula is C13H15F3O5. The third-order valence-corrected chi connectivity index (χ3v) is 2.88. The Labute approximate surface area is 119 Å². The highest BCUT2D eigenvalue weighted by atomic mass is 19.4. The van der Waals surface area contributed by atoms with Crippen LogP contribution in [0.1, 0.15) is 17.9 Å². The lowest BCUT2D eigenvalue weighted by molar-refractivity contribution is -0.163. The Morgan fingerprint density at radius 3 is 2.10 bits per heavy atom. The quantitative estimate of drug-likeness (QED) is 0.875. The summed E-state index contributed by atoms with van der Waals surface area (Å²) in [5.74, 6) is -3.79. The zero-order valence-corrected chi connectivity index (χ0v) is 11.7. The van der Waals surface area contributed by atoms with E-state index in [4.69, 9.17) is 19.3 Å². The van der Waals surface area contributed by atoms with Gasteiger partial charge in [-0.15, -0.1) is 0 Å². The van der Waals surface area contributed by atoms with Gasteiger partial charge in [0.15, 0.2) is 11.5 Å². The molecule has 0 heterocycles. The summed E-state index contributed by atoms with van der Waals surface area (Å²) >= 11 is 0. The number of carboxylic acids is 1. The molecule has 0 aromatic heterocycles. The number of hydrogen-bond acceptors (Lipinski definition) is 4. The van der Waals surface area contributed by atoms with Crippen molar-refractivity contribution in [1.82, 2.24) is 0 Å². The van der Waals surface area contributed by atoms with E-state index in [1.807, 2.05) is 0 Å². The first-order valence-electron chi connectivity index (χ1n) is 5.83. The molecule has 1 atom stereocenters. The topological polar surface area (TPSA) is 65.0 Å². The minimum Gasteiger partial charge on any atom is -0.493 e. The molecule has 1 N–H and O–H groups in total. The molecule has 1 aromatic rings. The first-order chi connectivity index (χ1) is 9.76. The van der Waals surface area contributed by atoms with Crippen LogP contribution in [-0.4, -0.2) is 38.6 Å². The van der Waals surface area contributed by atoms with Crippen LogP contribution in [0, 0.1) is 0 Å². The second-order valence-electron chi connectivity index (χ2n) is 4.12. The van der Waals surface area contributed by atoms with E-state index in [2.05, 4.69) is 0 Å². The molecule has 0 aliphatic rings. The second-order valence-corrected chi connectivity index (χ2v) is 4.12. The summed E-state index contributed by atoms with van der Waals surface area (Å²) in [7, 11) is 3.76. The molecule has 0 aliphatic heterocycles. The first-order valence-corrected chi connectivity index (χ1v) is 5.83. The summed E-state index contributed by atoms with van der Waals surface area (Å²) < 4.78 is 54.3. The van der Waals surface area contributed by atoms with Crippen molar-refractivity contribution in [3.05, 3.63) is 17.7 Å². The highest BCUT2D eigenvalue weighted by Gasteiger charge is 2.44. The number of halogens is 3. The van der Waals surface area contributed by atoms with Gasteiger partial charge in [-0.3, -0.25) is 4.79 Å². The van der Waals surface area contributed by atoms with Gasteiger partial charge in [0.1, 0.15) is 0 Å². The van der Waals surface area contributed by atoms with E-state index in [-0.39, 0.29) is 22.8 Å². The van der Waals surface area contributed by atoms with Gasteiger partial charge in [-0.2, -0.15) is 13.2 Å². The SMILES string of the molecule is COc1ccc(C(CC(=O)O)C(F)(F)F)c(OC)c1OC. The van der Waals surface area contributed by atoms with Gasteiger partial charge >= 0.3 is 12.1 Å². The Kier molecular flexibility index (Phi) is 5.28. The number of hydrogen-bond donors (Lipinski definition) is 1. The molecule has 1 unspecified atom stereocenters. The van der Waals surface area contributed by atoms with Crippen LogP contribution in [-0.2, 0) is 4.79 Å². The van der Waals surface area contributed by atoms with Crippen LogP contribution in [0.25, 0.3) is 0 Å². The van der Waals surface area contributed by atoms with Crippen molar-refractivity contribution in [2.75, 3.05) is 21.3 Å². The molecule has 8 heteroatoms. The summed E-state index contributed by atoms with van der Waals surface area (Å²) in [5, 5.41) is 8.70. The van der Waals surface area contributed by atoms with Gasteiger partial charge < -0.3 is 19.3 Å². The smallest absolute Gasteiger partial charge is 0.396 e. The fraction of sp³-hybridized carbons (Fsp3) is 0.462. The molecule has 0 aliphatic carbocycles. The summed E-state index contributed by atoms with van der Waals surface area (Å²) in [6, 6.07) is 2.40. The predicted octanol–water partition coefficient (Wildman–Crippen LogP) is 2.83. The number of carboxylic acid groups (broad SMARTS) is 1. The van der Waals surface area contributed by atoms with E-state index >= 15 is 0 Å². The van der Waals surface area contributed by atoms with Crippen LogP contribution >= 0.6 is 0 Å². The summed E-state index contributed by atoms with van der Waals surface area (Å²) in [6.45, 7) is 0. The summed E-state index contributed by atoms with van der Waals surface area (Å²) in [5.41, 5.74) is -0.315. The van der Waals surface area contributed by atoms with Crippen LogP contribution in [0.4, 0.5) is 13.2 Å². The van der Waals surface area contributed by atoms with Crippen molar-refractivity contribution in [2.24, 2.45) is 0 Å². The van der Waals surface area contributed by atoms with Crippen molar-refractivity contribution in [2.45, 2.75) is 18.5 Å². The van der Waals surface area contributed by atoms with E-state index in [1.165, 1.54) is 27.4 Å². The maximum atomic E-state index is 13.1. The zero-order chi connectivity index (χ0) is 16.2. The third-order valence-electron chi connectivity index (χ3n) is 2.88. The van der Waals surface area contributed by atoms with Gasteiger partial charge in [0, 0.05) is 5.56 Å². The molecule has 0 amide bonds. The number of aliphatic carboxylic acids is 1. The molecule has 1 aromatic carbocycles. The number of benzene rings is 1. The van der Waals surface area contributed by atoms with E-state index in [0.29, 0.717) is 0 Å². The van der Waals surface area contributed by atoms with Crippen molar-refractivity contribution in [1.29, 1.82) is 0 Å². The summed E-state index contributed by atoms with van der Waals surface area (Å²) in [4.78, 5) is 10.7. The number of methoxy groups -OCH3 is 3. The number of ether oxygens (including phenoxy) is 3. The minimum absolute atomic E-state index is 0.0165. The molecule has 0 saturated heterocycles. The highest BCUT2D eigenvalue weighted by Crippen LogP contribution is 2.47. The fourth-order valence-electron chi connectivity index (χ4n) is 1.98. The van der Waals surface area contributed by atoms with Gasteiger partial charge in [-0.25, -0.2) is 0 Å². The largest absolute Gasteiger partial charge is 0.493 e. The minimum atomic E-state index is -4.73. The van der Waals surface area contributed by atoms with Crippen molar-refractivity contribution >= 4 is 5.97 Å². The molecule has 5 nitrogen and oxygen atoms in total. The molecule has 0 bridgehead atoms. The van der Waals surface area contributed by atoms with Crippen molar-refractivity contribution in [3.8, 4) is 17.2 Å². The lowest BCUT2D eigenvalue weighted by Gasteiger charge is -2.23. The Hall–Kier alpha value is -2.12. The van der Waals surface area contributed by atoms with E-state index in [9.17, 15) is 18.0 Å². The average Bonchev–Trinajstić information content (AvgIpc) is 2.41. The van der Waals surface area contributed by atoms with Crippen LogP contribution < -0.4 is 14.2 Å². The lowest BCUT2D eigenvalue weighted by Crippen LogP contribution is -2.24. The maximum Gasteiger partial charge on any atom is 0.396 e. The molecule has 0 fully saturated rings. The molecule has 0 radical (unpaired) electrons. The fourth-order valence-corrected chi connectivity index (χ4v) is 1.98. The Bertz CT molecular complexity index is 513. The third kappa shape index (κ3) is 3.71. The average molecular weight is 308 g/mol. The van der Waals surface area contributed by atoms with Crippen LogP contribution in [0.2, 0.25) is 0 Å². The van der Waals surface area contributed by atoms with Gasteiger partial charge in [-0.1, -0.05) is 6.07 Å². The summed E-state index contributed by atoms with van der Waals surface area (Å²) in [6.07, 6.45) is -5.83.